The minimum atomic E-state index is -4.61. The minimum absolute atomic E-state index is 0.000383. The Balaban J connectivity index is 2.20. The molecule has 0 bridgehead atoms. The topological polar surface area (TPSA) is 58.6 Å². The van der Waals surface area contributed by atoms with Gasteiger partial charge in [-0.1, -0.05) is 6.07 Å². The monoisotopic (exact) mass is 456 g/mol. The van der Waals surface area contributed by atoms with E-state index in [1.807, 2.05) is 0 Å². The normalized spacial score (nSPS) is 15.9. The number of rotatable bonds is 5. The van der Waals surface area contributed by atoms with Gasteiger partial charge in [0.1, 0.15) is 16.2 Å². The molecule has 1 aliphatic rings. The van der Waals surface area contributed by atoms with Crippen LogP contribution in [0.15, 0.2) is 34.9 Å². The largest absolute Gasteiger partial charge is 0.476 e. The van der Waals surface area contributed by atoms with E-state index in [4.69, 9.17) is 4.74 Å². The van der Waals surface area contributed by atoms with E-state index in [1.54, 1.807) is 0 Å². The summed E-state index contributed by atoms with van der Waals surface area (Å²) in [6.45, 7) is 3.56. The van der Waals surface area contributed by atoms with Crippen molar-refractivity contribution in [1.82, 2.24) is 4.90 Å². The highest BCUT2D eigenvalue weighted by Gasteiger charge is 2.43. The summed E-state index contributed by atoms with van der Waals surface area (Å²) in [7, 11) is 0. The number of nitrogens with zero attached hydrogens (tertiary/aromatic N) is 1. The van der Waals surface area contributed by atoms with Crippen molar-refractivity contribution in [3.05, 3.63) is 40.5 Å². The number of alkyl halides is 6. The van der Waals surface area contributed by atoms with Crippen molar-refractivity contribution in [2.75, 3.05) is 17.8 Å². The summed E-state index contributed by atoms with van der Waals surface area (Å²) in [4.78, 5) is 26.0. The van der Waals surface area contributed by atoms with E-state index < -0.39 is 47.8 Å². The molecule has 1 aliphatic heterocycles. The average Bonchev–Trinajstić information content (AvgIpc) is 2.59. The van der Waals surface area contributed by atoms with E-state index in [2.05, 4.69) is 5.32 Å². The predicted octanol–water partition coefficient (Wildman–Crippen LogP) is 4.77. The van der Waals surface area contributed by atoms with E-state index in [-0.39, 0.29) is 28.1 Å². The first kappa shape index (κ1) is 23.9. The van der Waals surface area contributed by atoms with Crippen LogP contribution in [-0.4, -0.2) is 40.9 Å². The molecular weight excluding hydrogens is 438 g/mol. The second kappa shape index (κ2) is 8.40. The van der Waals surface area contributed by atoms with Gasteiger partial charge in [-0.25, -0.2) is 0 Å². The number of benzene rings is 1. The molecule has 0 atom stereocenters. The van der Waals surface area contributed by atoms with Gasteiger partial charge in [-0.15, -0.1) is 11.8 Å². The summed E-state index contributed by atoms with van der Waals surface area (Å²) in [5, 5.41) is 2.30. The molecule has 0 aromatic heterocycles. The van der Waals surface area contributed by atoms with Gasteiger partial charge in [0.15, 0.2) is 6.73 Å². The van der Waals surface area contributed by atoms with Crippen LogP contribution in [0.4, 0.5) is 32.0 Å². The Morgan fingerprint density at radius 2 is 1.83 bits per heavy atom. The molecular formula is C18H18F6N2O3S. The zero-order chi connectivity index (χ0) is 22.9. The molecule has 2 amide bonds. The standard InChI is InChI=1S/C18H18F6N2O3S/c1-10-13(30-8-17(19,20)21)14(27)26(9-29-10)16(2,3)15(28)25-12-6-4-5-11(7-12)18(22,23)24/h4-7H,8-9H2,1-3H3,(H,25,28). The molecule has 166 valence electrons. The minimum Gasteiger partial charge on any atom is -0.476 e. The maximum absolute atomic E-state index is 12.8. The summed E-state index contributed by atoms with van der Waals surface area (Å²) >= 11 is 0.242. The van der Waals surface area contributed by atoms with E-state index in [1.165, 1.54) is 26.8 Å². The van der Waals surface area contributed by atoms with Gasteiger partial charge in [0.25, 0.3) is 5.91 Å². The Hall–Kier alpha value is -2.37. The molecule has 0 unspecified atom stereocenters. The van der Waals surface area contributed by atoms with Crippen LogP contribution in [0.25, 0.3) is 0 Å². The number of carbonyl (C=O) groups excluding carboxylic acids is 2. The van der Waals surface area contributed by atoms with Crippen LogP contribution in [-0.2, 0) is 20.5 Å². The summed E-state index contributed by atoms with van der Waals surface area (Å²) < 4.78 is 81.4. The van der Waals surface area contributed by atoms with Gasteiger partial charge < -0.3 is 10.1 Å². The van der Waals surface area contributed by atoms with Crippen LogP contribution in [0.2, 0.25) is 0 Å². The second-order valence-corrected chi connectivity index (χ2v) is 7.87. The fourth-order valence-electron chi connectivity index (χ4n) is 2.47. The number of anilines is 1. The van der Waals surface area contributed by atoms with E-state index in [0.29, 0.717) is 0 Å². The number of nitrogens with one attached hydrogen (secondary N) is 1. The SMILES string of the molecule is CC1=C(SCC(F)(F)F)C(=O)N(C(C)(C)C(=O)Nc2cccc(C(F)(F)F)c2)CO1. The number of allylic oxidation sites excluding steroid dienone is 1. The fourth-order valence-corrected chi connectivity index (χ4v) is 3.28. The molecule has 1 aromatic carbocycles. The molecule has 1 aromatic rings. The van der Waals surface area contributed by atoms with Crippen LogP contribution in [0, 0.1) is 0 Å². The first-order valence-electron chi connectivity index (χ1n) is 8.47. The molecule has 5 nitrogen and oxygen atoms in total. The molecule has 0 saturated heterocycles. The quantitative estimate of drug-likeness (QED) is 0.649. The fraction of sp³-hybridized carbons (Fsp3) is 0.444. The molecule has 2 rings (SSSR count). The van der Waals surface area contributed by atoms with Crippen LogP contribution in [0.3, 0.4) is 0 Å². The van der Waals surface area contributed by atoms with E-state index in [0.717, 1.165) is 23.1 Å². The Morgan fingerprint density at radius 3 is 2.40 bits per heavy atom. The van der Waals surface area contributed by atoms with Gasteiger partial charge in [-0.3, -0.25) is 14.5 Å². The third kappa shape index (κ3) is 5.61. The van der Waals surface area contributed by atoms with Crippen molar-refractivity contribution in [2.24, 2.45) is 0 Å². The summed E-state index contributed by atoms with van der Waals surface area (Å²) in [5.41, 5.74) is -2.75. The van der Waals surface area contributed by atoms with Crippen molar-refractivity contribution >= 4 is 29.3 Å². The second-order valence-electron chi connectivity index (χ2n) is 6.89. The maximum Gasteiger partial charge on any atom is 0.416 e. The summed E-state index contributed by atoms with van der Waals surface area (Å²) in [6, 6.07) is 3.92. The van der Waals surface area contributed by atoms with Crippen molar-refractivity contribution in [3.63, 3.8) is 0 Å². The highest BCUT2D eigenvalue weighted by atomic mass is 32.2. The summed E-state index contributed by atoms with van der Waals surface area (Å²) in [5.74, 6) is -2.99. The predicted molar refractivity (Wildman–Crippen MR) is 98.2 cm³/mol. The number of hydrogen-bond donors (Lipinski definition) is 1. The Labute approximate surface area is 172 Å². The highest BCUT2D eigenvalue weighted by molar-refractivity contribution is 8.04. The summed E-state index contributed by atoms with van der Waals surface area (Å²) in [6.07, 6.45) is -9.13. The lowest BCUT2D eigenvalue weighted by molar-refractivity contribution is -0.148. The maximum atomic E-state index is 12.8. The lowest BCUT2D eigenvalue weighted by Crippen LogP contribution is -2.57. The lowest BCUT2D eigenvalue weighted by Gasteiger charge is -2.40. The van der Waals surface area contributed by atoms with Gasteiger partial charge >= 0.3 is 12.4 Å². The Morgan fingerprint density at radius 1 is 1.20 bits per heavy atom. The molecule has 1 heterocycles. The number of amides is 2. The van der Waals surface area contributed by atoms with Gasteiger partial charge in [0, 0.05) is 5.69 Å². The van der Waals surface area contributed by atoms with Crippen LogP contribution >= 0.6 is 11.8 Å². The average molecular weight is 456 g/mol. The third-order valence-electron chi connectivity index (χ3n) is 4.23. The van der Waals surface area contributed by atoms with Crippen molar-refractivity contribution in [3.8, 4) is 0 Å². The van der Waals surface area contributed by atoms with Crippen LogP contribution < -0.4 is 5.32 Å². The zero-order valence-corrected chi connectivity index (χ0v) is 16.9. The smallest absolute Gasteiger partial charge is 0.416 e. The number of carbonyl (C=O) groups is 2. The van der Waals surface area contributed by atoms with Crippen LogP contribution in [0.1, 0.15) is 26.3 Å². The number of thioether (sulfide) groups is 1. The van der Waals surface area contributed by atoms with Gasteiger partial charge in [-0.2, -0.15) is 26.3 Å². The van der Waals surface area contributed by atoms with Crippen LogP contribution in [0.5, 0.6) is 0 Å². The van der Waals surface area contributed by atoms with Crippen molar-refractivity contribution in [1.29, 1.82) is 0 Å². The van der Waals surface area contributed by atoms with Crippen molar-refractivity contribution < 1.29 is 40.7 Å². The zero-order valence-electron chi connectivity index (χ0n) is 16.1. The molecule has 12 heteroatoms. The Bertz CT molecular complexity index is 864. The number of hydrogen-bond acceptors (Lipinski definition) is 4. The number of halogens is 6. The first-order valence-corrected chi connectivity index (χ1v) is 9.45. The lowest BCUT2D eigenvalue weighted by atomic mass is 10.0. The van der Waals surface area contributed by atoms with Gasteiger partial charge in [0.05, 0.1) is 11.3 Å². The molecule has 0 radical (unpaired) electrons. The van der Waals surface area contributed by atoms with E-state index >= 15 is 0 Å². The Kier molecular flexibility index (Phi) is 6.69. The number of ether oxygens (including phenoxy) is 1. The molecule has 30 heavy (non-hydrogen) atoms. The molecule has 0 aliphatic carbocycles. The van der Waals surface area contributed by atoms with Gasteiger partial charge in [-0.05, 0) is 39.0 Å². The third-order valence-corrected chi connectivity index (χ3v) is 5.45. The van der Waals surface area contributed by atoms with E-state index in [9.17, 15) is 35.9 Å². The molecule has 1 N–H and O–H groups in total. The molecule has 0 saturated carbocycles. The molecule has 0 spiro atoms. The van der Waals surface area contributed by atoms with Gasteiger partial charge in [0.2, 0.25) is 5.91 Å². The van der Waals surface area contributed by atoms with Crippen molar-refractivity contribution in [2.45, 2.75) is 38.7 Å². The highest BCUT2D eigenvalue weighted by Crippen LogP contribution is 2.35. The molecule has 0 fully saturated rings. The first-order chi connectivity index (χ1) is 13.6.